The average molecular weight is 452 g/mol. The van der Waals surface area contributed by atoms with Crippen LogP contribution in [0.25, 0.3) is 10.1 Å². The number of fused-ring (bicyclic) bond motifs is 1. The zero-order chi connectivity index (χ0) is 21.6. The lowest BCUT2D eigenvalue weighted by molar-refractivity contribution is 0.390. The highest BCUT2D eigenvalue weighted by molar-refractivity contribution is 7.98. The van der Waals surface area contributed by atoms with Crippen molar-refractivity contribution in [1.29, 1.82) is 0 Å². The van der Waals surface area contributed by atoms with Gasteiger partial charge in [0, 0.05) is 41.0 Å². The first-order valence-corrected chi connectivity index (χ1v) is 11.9. The number of guanidine groups is 1. The lowest BCUT2D eigenvalue weighted by Gasteiger charge is -2.18. The largest absolute Gasteiger partial charge is 0.481 e. The summed E-state index contributed by atoms with van der Waals surface area (Å²) in [5.41, 5.74) is 4.14. The van der Waals surface area contributed by atoms with Crippen LogP contribution in [0.2, 0.25) is 0 Å². The van der Waals surface area contributed by atoms with E-state index in [4.69, 9.17) is 4.74 Å². The molecule has 0 saturated heterocycles. The van der Waals surface area contributed by atoms with Gasteiger partial charge in [-0.25, -0.2) is 4.99 Å². The normalized spacial score (nSPS) is 14.1. The Morgan fingerprint density at radius 1 is 1.26 bits per heavy atom. The lowest BCUT2D eigenvalue weighted by atomic mass is 10.1. The smallest absolute Gasteiger partial charge is 0.195 e. The second kappa shape index (κ2) is 9.98. The van der Waals surface area contributed by atoms with Gasteiger partial charge >= 0.3 is 0 Å². The second-order valence-electron chi connectivity index (χ2n) is 7.21. The fourth-order valence-electron chi connectivity index (χ4n) is 3.28. The molecule has 160 valence electrons. The average Bonchev–Trinajstić information content (AvgIpc) is 3.25. The summed E-state index contributed by atoms with van der Waals surface area (Å²) < 4.78 is 11.7. The van der Waals surface area contributed by atoms with Crippen molar-refractivity contribution in [3.05, 3.63) is 58.5 Å². The molecule has 6 nitrogen and oxygen atoms in total. The first kappa shape index (κ1) is 21.4. The lowest BCUT2D eigenvalue weighted by Crippen LogP contribution is -2.35. The molecule has 31 heavy (non-hydrogen) atoms. The zero-order valence-corrected chi connectivity index (χ0v) is 19.3. The molecular weight excluding hydrogens is 426 g/mol. The summed E-state index contributed by atoms with van der Waals surface area (Å²) in [5, 5.41) is 9.93. The molecule has 0 radical (unpaired) electrons. The number of aryl methyl sites for hydroxylation is 2. The maximum absolute atomic E-state index is 5.97. The van der Waals surface area contributed by atoms with Crippen LogP contribution in [0.15, 0.2) is 56.2 Å². The van der Waals surface area contributed by atoms with Crippen molar-refractivity contribution in [3.8, 4) is 5.75 Å². The molecule has 2 heterocycles. The summed E-state index contributed by atoms with van der Waals surface area (Å²) in [7, 11) is 0. The highest BCUT2D eigenvalue weighted by atomic mass is 32.2. The van der Waals surface area contributed by atoms with E-state index in [2.05, 4.69) is 68.3 Å². The van der Waals surface area contributed by atoms with Crippen LogP contribution in [-0.4, -0.2) is 37.5 Å². The van der Waals surface area contributed by atoms with Crippen LogP contribution in [0.5, 0.6) is 5.75 Å². The second-order valence-corrected chi connectivity index (χ2v) is 8.83. The summed E-state index contributed by atoms with van der Waals surface area (Å²) in [6.07, 6.45) is 1.07. The molecule has 8 heteroatoms. The molecule has 1 aromatic heterocycles. The van der Waals surface area contributed by atoms with Gasteiger partial charge in [-0.05, 0) is 85.3 Å². The number of anilines is 1. The Kier molecular flexibility index (Phi) is 6.89. The van der Waals surface area contributed by atoms with Crippen molar-refractivity contribution in [2.75, 3.05) is 24.3 Å². The van der Waals surface area contributed by atoms with Crippen molar-refractivity contribution in [3.63, 3.8) is 0 Å². The Balaban J connectivity index is 1.38. The third-order valence-electron chi connectivity index (χ3n) is 4.95. The van der Waals surface area contributed by atoms with Gasteiger partial charge in [-0.2, -0.15) is 4.40 Å². The number of nitrogens with one attached hydrogen (secondary N) is 2. The number of ether oxygens (including phenoxy) is 1. The van der Waals surface area contributed by atoms with Gasteiger partial charge in [-0.3, -0.25) is 4.99 Å². The fraction of sp³-hybridized carbons (Fsp3) is 0.261. The van der Waals surface area contributed by atoms with E-state index in [0.29, 0.717) is 11.8 Å². The van der Waals surface area contributed by atoms with Gasteiger partial charge in [0.1, 0.15) is 5.75 Å². The Morgan fingerprint density at radius 2 is 2.16 bits per heavy atom. The van der Waals surface area contributed by atoms with E-state index in [-0.39, 0.29) is 0 Å². The van der Waals surface area contributed by atoms with Crippen LogP contribution in [-0.2, 0) is 0 Å². The summed E-state index contributed by atoms with van der Waals surface area (Å²) in [5.74, 6) is 2.67. The molecule has 0 atom stereocenters. The quantitative estimate of drug-likeness (QED) is 0.173. The summed E-state index contributed by atoms with van der Waals surface area (Å²) in [4.78, 5) is 8.57. The van der Waals surface area contributed by atoms with Gasteiger partial charge in [0.25, 0.3) is 0 Å². The van der Waals surface area contributed by atoms with Crippen LogP contribution in [0.1, 0.15) is 23.1 Å². The number of rotatable bonds is 6. The highest BCUT2D eigenvalue weighted by Gasteiger charge is 2.10. The van der Waals surface area contributed by atoms with Crippen molar-refractivity contribution < 1.29 is 4.74 Å². The maximum Gasteiger partial charge on any atom is 0.195 e. The molecule has 0 saturated carbocycles. The molecule has 0 unspecified atom stereocenters. The Morgan fingerprint density at radius 3 is 2.97 bits per heavy atom. The summed E-state index contributed by atoms with van der Waals surface area (Å²) in [6.45, 7) is 9.57. The number of aliphatic imine (C=N–C) groups is 2. The van der Waals surface area contributed by atoms with E-state index in [0.717, 1.165) is 53.6 Å². The van der Waals surface area contributed by atoms with Gasteiger partial charge in [0.15, 0.2) is 17.7 Å². The molecule has 1 aliphatic heterocycles. The van der Waals surface area contributed by atoms with Crippen molar-refractivity contribution >= 4 is 57.6 Å². The van der Waals surface area contributed by atoms with E-state index in [1.807, 2.05) is 19.1 Å². The van der Waals surface area contributed by atoms with Crippen LogP contribution in [0, 0.1) is 13.8 Å². The van der Waals surface area contributed by atoms with Crippen LogP contribution in [0.3, 0.4) is 0 Å². The molecule has 1 aliphatic rings. The topological polar surface area (TPSA) is 70.4 Å². The van der Waals surface area contributed by atoms with Crippen LogP contribution in [0.4, 0.5) is 5.69 Å². The third-order valence-corrected chi connectivity index (χ3v) is 6.37. The number of hydrogen-bond donors (Lipinski definition) is 2. The first-order chi connectivity index (χ1) is 15.1. The SMILES string of the molecule is C=N/C(=N\SCOc1cc(C)c(NC2=NCCCN2)cc1C)c1ccc2sccc2c1. The van der Waals surface area contributed by atoms with Gasteiger partial charge in [0.05, 0.1) is 0 Å². The monoisotopic (exact) mass is 451 g/mol. The van der Waals surface area contributed by atoms with Gasteiger partial charge in [0.2, 0.25) is 0 Å². The Labute approximate surface area is 190 Å². The van der Waals surface area contributed by atoms with Crippen molar-refractivity contribution in [2.24, 2.45) is 14.4 Å². The molecule has 2 N–H and O–H groups in total. The van der Waals surface area contributed by atoms with Gasteiger partial charge in [-0.15, -0.1) is 11.3 Å². The highest BCUT2D eigenvalue weighted by Crippen LogP contribution is 2.27. The number of benzene rings is 2. The molecule has 0 aliphatic carbocycles. The van der Waals surface area contributed by atoms with Crippen LogP contribution >= 0.6 is 23.3 Å². The molecule has 0 bridgehead atoms. The predicted molar refractivity (Wildman–Crippen MR) is 135 cm³/mol. The summed E-state index contributed by atoms with van der Waals surface area (Å²) in [6, 6.07) is 12.4. The van der Waals surface area contributed by atoms with E-state index < -0.39 is 0 Å². The fourth-order valence-corrected chi connectivity index (χ4v) is 4.57. The van der Waals surface area contributed by atoms with E-state index >= 15 is 0 Å². The molecule has 2 aromatic carbocycles. The molecule has 4 rings (SSSR count). The first-order valence-electron chi connectivity index (χ1n) is 10.1. The number of nitrogens with zero attached hydrogens (tertiary/aromatic N) is 3. The standard InChI is InChI=1S/C23H25N5OS2/c1-15-12-20(16(2)11-19(15)27-23-25-8-4-9-26-23)29-14-31-28-22(24-3)18-5-6-21-17(13-18)7-10-30-21/h5-7,10-13H,3-4,8-9,14H2,1-2H3,(H2,25,26,27)/b28-22-. The van der Waals surface area contributed by atoms with Crippen molar-refractivity contribution in [1.82, 2.24) is 5.32 Å². The molecule has 3 aromatic rings. The molecule has 0 spiro atoms. The summed E-state index contributed by atoms with van der Waals surface area (Å²) >= 11 is 3.04. The predicted octanol–water partition coefficient (Wildman–Crippen LogP) is 5.41. The van der Waals surface area contributed by atoms with E-state index in [1.165, 1.54) is 22.0 Å². The van der Waals surface area contributed by atoms with E-state index in [1.54, 1.807) is 11.3 Å². The minimum Gasteiger partial charge on any atom is -0.481 e. The number of amidine groups is 1. The molecular formula is C23H25N5OS2. The molecule has 0 amide bonds. The number of thiophene rings is 1. The Bertz CT molecular complexity index is 1150. The minimum atomic E-state index is 0.390. The van der Waals surface area contributed by atoms with E-state index in [9.17, 15) is 0 Å². The molecule has 0 fully saturated rings. The third kappa shape index (κ3) is 5.26. The van der Waals surface area contributed by atoms with Crippen LogP contribution < -0.4 is 15.4 Å². The van der Waals surface area contributed by atoms with Gasteiger partial charge < -0.3 is 15.4 Å². The van der Waals surface area contributed by atoms with Crippen molar-refractivity contribution in [2.45, 2.75) is 20.3 Å². The zero-order valence-electron chi connectivity index (χ0n) is 17.6. The Hall–Kier alpha value is -2.84. The van der Waals surface area contributed by atoms with Gasteiger partial charge in [-0.1, -0.05) is 0 Å². The minimum absolute atomic E-state index is 0.390. The maximum atomic E-state index is 5.97. The number of hydrogen-bond acceptors (Lipinski definition) is 7.